The van der Waals surface area contributed by atoms with Crippen molar-refractivity contribution in [3.63, 3.8) is 0 Å². The molecule has 1 N–H and O–H groups in total. The summed E-state index contributed by atoms with van der Waals surface area (Å²) in [6.07, 6.45) is -0.985. The average molecular weight is 349 g/mol. The first-order valence-corrected chi connectivity index (χ1v) is 7.43. The monoisotopic (exact) mass is 349 g/mol. The van der Waals surface area contributed by atoms with Gasteiger partial charge in [-0.3, -0.25) is 9.59 Å². The second-order valence-electron chi connectivity index (χ2n) is 5.30. The average Bonchev–Trinajstić information content (AvgIpc) is 2.57. The second kappa shape index (κ2) is 7.74. The zero-order chi connectivity index (χ0) is 18.6. The van der Waals surface area contributed by atoms with Crippen molar-refractivity contribution in [1.29, 1.82) is 0 Å². The van der Waals surface area contributed by atoms with E-state index in [2.05, 4.69) is 5.32 Å². The summed E-state index contributed by atoms with van der Waals surface area (Å²) in [7, 11) is 1.41. The van der Waals surface area contributed by atoms with E-state index in [9.17, 15) is 18.4 Å². The van der Waals surface area contributed by atoms with Crippen LogP contribution in [0.25, 0.3) is 0 Å². The summed E-state index contributed by atoms with van der Waals surface area (Å²) in [6, 6.07) is 7.39. The molecule has 1 unspecified atom stereocenters. The number of anilines is 1. The normalized spacial score (nSPS) is 11.6. The van der Waals surface area contributed by atoms with Gasteiger partial charge in [-0.05, 0) is 44.2 Å². The van der Waals surface area contributed by atoms with Crippen molar-refractivity contribution in [1.82, 2.24) is 0 Å². The van der Waals surface area contributed by atoms with Gasteiger partial charge in [0.25, 0.3) is 5.91 Å². The first-order chi connectivity index (χ1) is 11.8. The van der Waals surface area contributed by atoms with Crippen LogP contribution in [-0.2, 0) is 4.79 Å². The fourth-order valence-electron chi connectivity index (χ4n) is 2.05. The Morgan fingerprint density at radius 3 is 2.40 bits per heavy atom. The molecule has 25 heavy (non-hydrogen) atoms. The van der Waals surface area contributed by atoms with Crippen molar-refractivity contribution in [3.05, 3.63) is 53.6 Å². The number of methoxy groups -OCH3 is 1. The van der Waals surface area contributed by atoms with Gasteiger partial charge in [-0.2, -0.15) is 0 Å². The Hall–Kier alpha value is -2.96. The van der Waals surface area contributed by atoms with Crippen molar-refractivity contribution in [2.75, 3.05) is 12.4 Å². The lowest BCUT2D eigenvalue weighted by atomic mass is 10.1. The van der Waals surface area contributed by atoms with Crippen LogP contribution in [0.3, 0.4) is 0 Å². The minimum Gasteiger partial charge on any atom is -0.493 e. The van der Waals surface area contributed by atoms with Crippen LogP contribution >= 0.6 is 0 Å². The summed E-state index contributed by atoms with van der Waals surface area (Å²) in [5.74, 6) is -1.83. The Kier molecular flexibility index (Phi) is 5.69. The molecule has 0 bridgehead atoms. The number of carbonyl (C=O) groups is 2. The van der Waals surface area contributed by atoms with E-state index in [0.29, 0.717) is 17.4 Å². The molecule has 2 aromatic rings. The number of ketones is 1. The van der Waals surface area contributed by atoms with Crippen LogP contribution in [0.4, 0.5) is 14.5 Å². The molecule has 132 valence electrons. The first-order valence-electron chi connectivity index (χ1n) is 7.43. The molecule has 2 aromatic carbocycles. The number of benzene rings is 2. The molecular weight excluding hydrogens is 332 g/mol. The molecule has 0 aliphatic heterocycles. The third kappa shape index (κ3) is 4.53. The van der Waals surface area contributed by atoms with Gasteiger partial charge in [0, 0.05) is 11.6 Å². The zero-order valence-corrected chi connectivity index (χ0v) is 13.9. The maximum atomic E-state index is 13.6. The van der Waals surface area contributed by atoms with E-state index in [4.69, 9.17) is 9.47 Å². The van der Waals surface area contributed by atoms with Gasteiger partial charge in [0.15, 0.2) is 23.4 Å². The summed E-state index contributed by atoms with van der Waals surface area (Å²) in [6.45, 7) is 2.89. The number of amides is 1. The number of hydrogen-bond donors (Lipinski definition) is 1. The molecule has 0 spiro atoms. The maximum Gasteiger partial charge on any atom is 0.265 e. The van der Waals surface area contributed by atoms with Crippen LogP contribution in [0.5, 0.6) is 11.5 Å². The summed E-state index contributed by atoms with van der Waals surface area (Å²) in [5, 5.41) is 2.32. The minimum atomic E-state index is -0.985. The topological polar surface area (TPSA) is 64.6 Å². The van der Waals surface area contributed by atoms with Gasteiger partial charge in [0.1, 0.15) is 11.6 Å². The van der Waals surface area contributed by atoms with Crippen LogP contribution in [0, 0.1) is 11.6 Å². The molecule has 0 saturated heterocycles. The number of halogens is 2. The molecule has 1 atom stereocenters. The van der Waals surface area contributed by atoms with E-state index in [1.54, 1.807) is 6.07 Å². The van der Waals surface area contributed by atoms with Gasteiger partial charge in [-0.1, -0.05) is 0 Å². The number of nitrogens with one attached hydrogen (secondary N) is 1. The molecule has 0 aromatic heterocycles. The Bertz CT molecular complexity index is 808. The summed E-state index contributed by atoms with van der Waals surface area (Å²) < 4.78 is 37.2. The highest BCUT2D eigenvalue weighted by Crippen LogP contribution is 2.29. The lowest BCUT2D eigenvalue weighted by molar-refractivity contribution is -0.122. The Balaban J connectivity index is 2.11. The molecule has 5 nitrogen and oxygen atoms in total. The molecule has 2 rings (SSSR count). The van der Waals surface area contributed by atoms with E-state index >= 15 is 0 Å². The van der Waals surface area contributed by atoms with Crippen LogP contribution < -0.4 is 14.8 Å². The fourth-order valence-corrected chi connectivity index (χ4v) is 2.05. The Morgan fingerprint density at radius 1 is 1.08 bits per heavy atom. The van der Waals surface area contributed by atoms with E-state index in [0.717, 1.165) is 12.1 Å². The molecule has 0 aliphatic rings. The van der Waals surface area contributed by atoms with E-state index in [1.807, 2.05) is 0 Å². The van der Waals surface area contributed by atoms with Crippen molar-refractivity contribution >= 4 is 17.4 Å². The first kappa shape index (κ1) is 18.4. The number of Topliss-reactive ketones (excluding diaryl/α,β-unsaturated/α-hetero) is 1. The molecule has 0 fully saturated rings. The van der Waals surface area contributed by atoms with E-state index in [-0.39, 0.29) is 17.2 Å². The highest BCUT2D eigenvalue weighted by molar-refractivity contribution is 5.95. The van der Waals surface area contributed by atoms with Crippen molar-refractivity contribution < 1.29 is 27.8 Å². The molecule has 1 amide bonds. The van der Waals surface area contributed by atoms with Gasteiger partial charge in [0.2, 0.25) is 0 Å². The Labute approximate surface area is 143 Å². The van der Waals surface area contributed by atoms with Crippen molar-refractivity contribution in [3.8, 4) is 11.5 Å². The number of rotatable bonds is 6. The quantitative estimate of drug-likeness (QED) is 0.810. The largest absolute Gasteiger partial charge is 0.493 e. The number of carbonyl (C=O) groups excluding carboxylic acids is 2. The third-order valence-electron chi connectivity index (χ3n) is 3.43. The van der Waals surface area contributed by atoms with Gasteiger partial charge >= 0.3 is 0 Å². The fraction of sp³-hybridized carbons (Fsp3) is 0.222. The van der Waals surface area contributed by atoms with Crippen LogP contribution in [0.1, 0.15) is 24.2 Å². The van der Waals surface area contributed by atoms with Gasteiger partial charge in [-0.25, -0.2) is 8.78 Å². The molecule has 0 saturated carbocycles. The van der Waals surface area contributed by atoms with Gasteiger partial charge < -0.3 is 14.8 Å². The van der Waals surface area contributed by atoms with Crippen LogP contribution in [-0.4, -0.2) is 24.9 Å². The molecule has 0 radical (unpaired) electrons. The Morgan fingerprint density at radius 2 is 1.80 bits per heavy atom. The number of ether oxygens (including phenoxy) is 2. The highest BCUT2D eigenvalue weighted by atomic mass is 19.1. The summed E-state index contributed by atoms with van der Waals surface area (Å²) in [4.78, 5) is 23.5. The molecule has 7 heteroatoms. The van der Waals surface area contributed by atoms with Crippen molar-refractivity contribution in [2.45, 2.75) is 20.0 Å². The maximum absolute atomic E-state index is 13.6. The van der Waals surface area contributed by atoms with Gasteiger partial charge in [-0.15, -0.1) is 0 Å². The third-order valence-corrected chi connectivity index (χ3v) is 3.43. The van der Waals surface area contributed by atoms with E-state index < -0.39 is 23.6 Å². The van der Waals surface area contributed by atoms with Crippen LogP contribution in [0.15, 0.2) is 36.4 Å². The zero-order valence-electron chi connectivity index (χ0n) is 13.9. The van der Waals surface area contributed by atoms with Gasteiger partial charge in [0.05, 0.1) is 12.8 Å². The highest BCUT2D eigenvalue weighted by Gasteiger charge is 2.19. The lowest BCUT2D eigenvalue weighted by Crippen LogP contribution is -2.30. The molecule has 0 heterocycles. The lowest BCUT2D eigenvalue weighted by Gasteiger charge is -2.17. The second-order valence-corrected chi connectivity index (χ2v) is 5.30. The predicted molar refractivity (Wildman–Crippen MR) is 88.1 cm³/mol. The molecule has 0 aliphatic carbocycles. The summed E-state index contributed by atoms with van der Waals surface area (Å²) >= 11 is 0. The standard InChI is InChI=1S/C18H17F2NO4/c1-10(22)12-4-7-16(17(8-12)24-3)25-11(2)18(23)21-15-6-5-13(19)9-14(15)20/h4-9,11H,1-3H3,(H,21,23). The molecular formula is C18H17F2NO4. The predicted octanol–water partition coefficient (Wildman–Crippen LogP) is 3.58. The smallest absolute Gasteiger partial charge is 0.265 e. The summed E-state index contributed by atoms with van der Waals surface area (Å²) in [5.41, 5.74) is 0.287. The number of hydrogen-bond acceptors (Lipinski definition) is 4. The minimum absolute atomic E-state index is 0.137. The van der Waals surface area contributed by atoms with Crippen molar-refractivity contribution in [2.24, 2.45) is 0 Å². The van der Waals surface area contributed by atoms with Crippen LogP contribution in [0.2, 0.25) is 0 Å². The SMILES string of the molecule is COc1cc(C(C)=O)ccc1OC(C)C(=O)Nc1ccc(F)cc1F. The van der Waals surface area contributed by atoms with E-state index in [1.165, 1.54) is 33.1 Å².